The summed E-state index contributed by atoms with van der Waals surface area (Å²) < 4.78 is 5.40. The van der Waals surface area contributed by atoms with Gasteiger partial charge < -0.3 is 4.74 Å². The van der Waals surface area contributed by atoms with Crippen LogP contribution in [0.4, 0.5) is 0 Å². The number of esters is 1. The van der Waals surface area contributed by atoms with Crippen LogP contribution in [0.3, 0.4) is 0 Å². The van der Waals surface area contributed by atoms with Crippen LogP contribution in [0.5, 0.6) is 0 Å². The third kappa shape index (κ3) is 1.36. The monoisotopic (exact) mass is 246 g/mol. The van der Waals surface area contributed by atoms with Gasteiger partial charge in [-0.25, -0.2) is 4.79 Å². The Morgan fingerprint density at radius 3 is 2.89 bits per heavy atom. The molecule has 18 heavy (non-hydrogen) atoms. The van der Waals surface area contributed by atoms with Crippen LogP contribution < -0.4 is 0 Å². The Labute approximate surface area is 107 Å². The molecule has 1 saturated heterocycles. The Morgan fingerprint density at radius 2 is 2.17 bits per heavy atom. The van der Waals surface area contributed by atoms with Crippen molar-refractivity contribution in [3.05, 3.63) is 24.3 Å². The van der Waals surface area contributed by atoms with Gasteiger partial charge in [0.1, 0.15) is 6.10 Å². The molecular weight excluding hydrogens is 228 g/mol. The summed E-state index contributed by atoms with van der Waals surface area (Å²) >= 11 is 0. The number of ether oxygens (including phenoxy) is 1. The molecular formula is C15H18O3. The highest BCUT2D eigenvalue weighted by Crippen LogP contribution is 2.52. The molecule has 96 valence electrons. The van der Waals surface area contributed by atoms with E-state index < -0.39 is 0 Å². The van der Waals surface area contributed by atoms with Crippen molar-refractivity contribution in [1.29, 1.82) is 0 Å². The minimum Gasteiger partial charge on any atom is -0.458 e. The number of allylic oxidation sites excluding steroid dienone is 2. The van der Waals surface area contributed by atoms with Crippen molar-refractivity contribution in [1.82, 2.24) is 0 Å². The lowest BCUT2D eigenvalue weighted by atomic mass is 9.69. The highest BCUT2D eigenvalue weighted by atomic mass is 16.6. The summed E-state index contributed by atoms with van der Waals surface area (Å²) in [4.78, 5) is 23.8. The summed E-state index contributed by atoms with van der Waals surface area (Å²) in [6.07, 6.45) is 5.18. The van der Waals surface area contributed by atoms with Gasteiger partial charge in [0, 0.05) is 16.9 Å². The zero-order chi connectivity index (χ0) is 13.1. The number of carbonyl (C=O) groups is 2. The van der Waals surface area contributed by atoms with Gasteiger partial charge in [-0.1, -0.05) is 26.5 Å². The molecule has 3 aliphatic rings. The number of hydrogen-bond donors (Lipinski definition) is 0. The van der Waals surface area contributed by atoms with Crippen molar-refractivity contribution in [2.24, 2.45) is 23.2 Å². The van der Waals surface area contributed by atoms with Crippen LogP contribution in [0.25, 0.3) is 0 Å². The topological polar surface area (TPSA) is 43.4 Å². The molecule has 0 aromatic carbocycles. The molecule has 2 fully saturated rings. The number of hydrogen-bond acceptors (Lipinski definition) is 3. The Morgan fingerprint density at radius 1 is 1.44 bits per heavy atom. The van der Waals surface area contributed by atoms with Gasteiger partial charge in [0.2, 0.25) is 0 Å². The molecule has 0 spiro atoms. The molecule has 1 saturated carbocycles. The molecule has 3 nitrogen and oxygen atoms in total. The second-order valence-corrected chi connectivity index (χ2v) is 6.16. The van der Waals surface area contributed by atoms with Crippen molar-refractivity contribution >= 4 is 11.8 Å². The van der Waals surface area contributed by atoms with E-state index in [2.05, 4.69) is 13.5 Å². The summed E-state index contributed by atoms with van der Waals surface area (Å²) in [6, 6.07) is 0. The zero-order valence-electron chi connectivity index (χ0n) is 10.8. The molecule has 0 amide bonds. The molecule has 1 heterocycles. The smallest absolute Gasteiger partial charge is 0.334 e. The number of ketones is 1. The van der Waals surface area contributed by atoms with Crippen molar-refractivity contribution in [2.75, 3.05) is 0 Å². The summed E-state index contributed by atoms with van der Waals surface area (Å²) in [5, 5.41) is 0. The first-order valence-corrected chi connectivity index (χ1v) is 6.56. The predicted molar refractivity (Wildman–Crippen MR) is 66.7 cm³/mol. The van der Waals surface area contributed by atoms with Crippen LogP contribution >= 0.6 is 0 Å². The lowest BCUT2D eigenvalue weighted by Crippen LogP contribution is -2.33. The maximum atomic E-state index is 12.2. The SMILES string of the molecule is C=C1C(=O)O[C@@H]2CC(C)[C@H]3C=CC(=O)[C@@]3(C)C[C@H]12. The molecule has 1 aliphatic heterocycles. The molecule has 0 aromatic rings. The van der Waals surface area contributed by atoms with Crippen LogP contribution in [-0.4, -0.2) is 17.9 Å². The summed E-state index contributed by atoms with van der Waals surface area (Å²) in [7, 11) is 0. The maximum absolute atomic E-state index is 12.2. The van der Waals surface area contributed by atoms with Crippen molar-refractivity contribution in [2.45, 2.75) is 32.8 Å². The van der Waals surface area contributed by atoms with Gasteiger partial charge in [-0.3, -0.25) is 4.79 Å². The molecule has 3 heteroatoms. The summed E-state index contributed by atoms with van der Waals surface area (Å²) in [6.45, 7) is 8.02. The van der Waals surface area contributed by atoms with E-state index in [9.17, 15) is 9.59 Å². The first-order chi connectivity index (χ1) is 8.43. The van der Waals surface area contributed by atoms with Gasteiger partial charge in [0.25, 0.3) is 0 Å². The van der Waals surface area contributed by atoms with Gasteiger partial charge in [-0.2, -0.15) is 0 Å². The Hall–Kier alpha value is -1.38. The summed E-state index contributed by atoms with van der Waals surface area (Å²) in [5.74, 6) is 0.539. The van der Waals surface area contributed by atoms with Crippen LogP contribution in [-0.2, 0) is 14.3 Å². The van der Waals surface area contributed by atoms with E-state index in [0.717, 1.165) is 6.42 Å². The van der Waals surface area contributed by atoms with E-state index in [-0.39, 0.29) is 35.1 Å². The lowest BCUT2D eigenvalue weighted by Gasteiger charge is -2.32. The fourth-order valence-corrected chi connectivity index (χ4v) is 3.92. The van der Waals surface area contributed by atoms with Crippen molar-refractivity contribution in [3.8, 4) is 0 Å². The highest BCUT2D eigenvalue weighted by molar-refractivity contribution is 5.98. The normalized spacial score (nSPS) is 46.7. The van der Waals surface area contributed by atoms with Gasteiger partial charge in [-0.15, -0.1) is 0 Å². The van der Waals surface area contributed by atoms with E-state index in [1.807, 2.05) is 13.0 Å². The first-order valence-electron chi connectivity index (χ1n) is 6.56. The minimum atomic E-state index is -0.379. The van der Waals surface area contributed by atoms with Crippen LogP contribution in [0, 0.1) is 23.2 Å². The zero-order valence-corrected chi connectivity index (χ0v) is 10.8. The third-order valence-corrected chi connectivity index (χ3v) is 5.03. The van der Waals surface area contributed by atoms with E-state index in [4.69, 9.17) is 4.74 Å². The van der Waals surface area contributed by atoms with Gasteiger partial charge >= 0.3 is 5.97 Å². The van der Waals surface area contributed by atoms with Crippen LogP contribution in [0.2, 0.25) is 0 Å². The largest absolute Gasteiger partial charge is 0.458 e. The van der Waals surface area contributed by atoms with Gasteiger partial charge in [0.15, 0.2) is 5.78 Å². The minimum absolute atomic E-state index is 0.0128. The fraction of sp³-hybridized carbons (Fsp3) is 0.600. The molecule has 2 aliphatic carbocycles. The van der Waals surface area contributed by atoms with Crippen molar-refractivity contribution in [3.63, 3.8) is 0 Å². The Bertz CT molecular complexity index is 476. The van der Waals surface area contributed by atoms with E-state index >= 15 is 0 Å². The molecule has 0 N–H and O–H groups in total. The van der Waals surface area contributed by atoms with Crippen molar-refractivity contribution < 1.29 is 14.3 Å². The average Bonchev–Trinajstić information content (AvgIpc) is 2.69. The number of rotatable bonds is 0. The number of carbonyl (C=O) groups excluding carboxylic acids is 2. The Balaban J connectivity index is 2.00. The molecule has 5 atom stereocenters. The molecule has 0 aromatic heterocycles. The average molecular weight is 246 g/mol. The molecule has 0 bridgehead atoms. The fourth-order valence-electron chi connectivity index (χ4n) is 3.92. The Kier molecular flexibility index (Phi) is 2.31. The first kappa shape index (κ1) is 11.7. The van der Waals surface area contributed by atoms with E-state index in [1.165, 1.54) is 0 Å². The maximum Gasteiger partial charge on any atom is 0.334 e. The second-order valence-electron chi connectivity index (χ2n) is 6.16. The van der Waals surface area contributed by atoms with Gasteiger partial charge in [-0.05, 0) is 30.8 Å². The van der Waals surface area contributed by atoms with Crippen LogP contribution in [0.1, 0.15) is 26.7 Å². The molecule has 1 unspecified atom stereocenters. The predicted octanol–water partition coefficient (Wildman–Crippen LogP) is 2.28. The van der Waals surface area contributed by atoms with Crippen LogP contribution in [0.15, 0.2) is 24.3 Å². The van der Waals surface area contributed by atoms with E-state index in [1.54, 1.807) is 6.08 Å². The second kappa shape index (κ2) is 3.56. The van der Waals surface area contributed by atoms with E-state index in [0.29, 0.717) is 17.9 Å². The lowest BCUT2D eigenvalue weighted by molar-refractivity contribution is -0.139. The summed E-state index contributed by atoms with van der Waals surface area (Å²) in [5.41, 5.74) is 0.171. The highest BCUT2D eigenvalue weighted by Gasteiger charge is 2.53. The molecule has 3 rings (SSSR count). The standard InChI is InChI=1S/C15H18O3/c1-8-6-12-10(9(2)14(17)18-12)7-15(3)11(8)4-5-13(15)16/h4-5,8,10-12H,2,6-7H2,1,3H3/t8?,10-,11-,12-,15+/m1/s1. The number of fused-ring (bicyclic) bond motifs is 2. The quantitative estimate of drug-likeness (QED) is 0.486. The third-order valence-electron chi connectivity index (χ3n) is 5.03. The molecule has 0 radical (unpaired) electrons. The van der Waals surface area contributed by atoms with Gasteiger partial charge in [0.05, 0.1) is 0 Å².